The van der Waals surface area contributed by atoms with E-state index in [1.54, 1.807) is 0 Å². The molecule has 3 fully saturated rings. The van der Waals surface area contributed by atoms with E-state index in [0.717, 1.165) is 25.7 Å². The van der Waals surface area contributed by atoms with Crippen molar-refractivity contribution < 1.29 is 14.3 Å². The smallest absolute Gasteiger partial charge is 0.164 e. The van der Waals surface area contributed by atoms with Gasteiger partial charge in [0.15, 0.2) is 5.79 Å². The molecule has 1 saturated heterocycles. The van der Waals surface area contributed by atoms with E-state index < -0.39 is 5.79 Å². The summed E-state index contributed by atoms with van der Waals surface area (Å²) >= 11 is 0. The van der Waals surface area contributed by atoms with Crippen molar-refractivity contribution >= 4 is 5.78 Å². The molecule has 0 aromatic carbocycles. The van der Waals surface area contributed by atoms with E-state index in [2.05, 4.69) is 20.8 Å². The van der Waals surface area contributed by atoms with Crippen LogP contribution in [0.4, 0.5) is 0 Å². The van der Waals surface area contributed by atoms with E-state index >= 15 is 0 Å². The van der Waals surface area contributed by atoms with Crippen LogP contribution in [0.15, 0.2) is 0 Å². The van der Waals surface area contributed by atoms with Crippen molar-refractivity contribution in [2.24, 2.45) is 10.8 Å². The maximum absolute atomic E-state index is 11.8. The molecule has 0 bridgehead atoms. The summed E-state index contributed by atoms with van der Waals surface area (Å²) in [6.45, 7) is 11.0. The molecule has 0 amide bonds. The average Bonchev–Trinajstić information content (AvgIpc) is 2.58. The quantitative estimate of drug-likeness (QED) is 0.676. The molecular formula is C17H28O3. The molecule has 0 unspecified atom stereocenters. The zero-order valence-corrected chi connectivity index (χ0v) is 13.5. The van der Waals surface area contributed by atoms with Gasteiger partial charge in [-0.3, -0.25) is 4.79 Å². The van der Waals surface area contributed by atoms with Gasteiger partial charge >= 0.3 is 0 Å². The van der Waals surface area contributed by atoms with Gasteiger partial charge in [-0.2, -0.15) is 0 Å². The lowest BCUT2D eigenvalue weighted by Crippen LogP contribution is -2.64. The van der Waals surface area contributed by atoms with Crippen LogP contribution in [0, 0.1) is 10.8 Å². The third kappa shape index (κ3) is 1.75. The highest BCUT2D eigenvalue weighted by molar-refractivity contribution is 5.79. The first kappa shape index (κ1) is 14.5. The Morgan fingerprint density at radius 3 is 2.20 bits per heavy atom. The highest BCUT2D eigenvalue weighted by Crippen LogP contribution is 2.66. The fourth-order valence-corrected chi connectivity index (χ4v) is 5.33. The molecule has 1 aliphatic heterocycles. The molecule has 2 aliphatic carbocycles. The van der Waals surface area contributed by atoms with Crippen molar-refractivity contribution in [3.8, 4) is 0 Å². The Bertz CT molecular complexity index is 428. The molecule has 3 nitrogen and oxygen atoms in total. The third-order valence-electron chi connectivity index (χ3n) is 6.44. The number of carbonyl (C=O) groups excluding carboxylic acids is 1. The second kappa shape index (κ2) is 4.07. The third-order valence-corrected chi connectivity index (χ3v) is 6.44. The molecule has 0 N–H and O–H groups in total. The predicted molar refractivity (Wildman–Crippen MR) is 77.4 cm³/mol. The number of rotatable bonds is 0. The van der Waals surface area contributed by atoms with Gasteiger partial charge in [0.05, 0.1) is 6.10 Å². The van der Waals surface area contributed by atoms with Gasteiger partial charge < -0.3 is 9.47 Å². The average molecular weight is 280 g/mol. The van der Waals surface area contributed by atoms with Crippen LogP contribution in [-0.4, -0.2) is 23.3 Å². The normalized spacial score (nSPS) is 41.6. The lowest BCUT2D eigenvalue weighted by atomic mass is 9.46. The molecule has 0 aromatic rings. The van der Waals surface area contributed by atoms with Crippen LogP contribution in [0.2, 0.25) is 0 Å². The zero-order valence-electron chi connectivity index (χ0n) is 13.5. The molecule has 3 rings (SSSR count). The highest BCUT2D eigenvalue weighted by atomic mass is 16.8. The number of carbonyl (C=O) groups is 1. The van der Waals surface area contributed by atoms with Gasteiger partial charge in [0.2, 0.25) is 0 Å². The fraction of sp³-hybridized carbons (Fsp3) is 0.941. The van der Waals surface area contributed by atoms with Crippen LogP contribution in [0.1, 0.15) is 73.1 Å². The van der Waals surface area contributed by atoms with E-state index in [4.69, 9.17) is 9.47 Å². The maximum atomic E-state index is 11.8. The molecule has 0 aromatic heterocycles. The van der Waals surface area contributed by atoms with Crippen molar-refractivity contribution in [1.82, 2.24) is 0 Å². The second-order valence-electron chi connectivity index (χ2n) is 8.26. The summed E-state index contributed by atoms with van der Waals surface area (Å²) < 4.78 is 12.7. The van der Waals surface area contributed by atoms with Crippen LogP contribution >= 0.6 is 0 Å². The molecule has 0 radical (unpaired) electrons. The summed E-state index contributed by atoms with van der Waals surface area (Å²) in [4.78, 5) is 11.8. The maximum Gasteiger partial charge on any atom is 0.164 e. The molecule has 2 saturated carbocycles. The van der Waals surface area contributed by atoms with Crippen LogP contribution in [0.5, 0.6) is 0 Å². The Kier molecular flexibility index (Phi) is 2.96. The Morgan fingerprint density at radius 1 is 1.00 bits per heavy atom. The Balaban J connectivity index is 2.05. The SMILES string of the molecule is CC1(C)O[C@H]2CCC(C)(C)C3(CCC(=O)CC3)[C@@]2(C)O1. The minimum atomic E-state index is -0.506. The van der Waals surface area contributed by atoms with Crippen LogP contribution in [0.25, 0.3) is 0 Å². The van der Waals surface area contributed by atoms with E-state index in [9.17, 15) is 4.79 Å². The van der Waals surface area contributed by atoms with Gasteiger partial charge in [0.1, 0.15) is 11.4 Å². The van der Waals surface area contributed by atoms with Gasteiger partial charge in [-0.05, 0) is 51.9 Å². The molecule has 2 atom stereocenters. The van der Waals surface area contributed by atoms with Gasteiger partial charge in [-0.1, -0.05) is 13.8 Å². The van der Waals surface area contributed by atoms with Gasteiger partial charge in [-0.15, -0.1) is 0 Å². The van der Waals surface area contributed by atoms with Crippen molar-refractivity contribution in [3.63, 3.8) is 0 Å². The van der Waals surface area contributed by atoms with Crippen molar-refractivity contribution in [2.45, 2.75) is 90.6 Å². The molecule has 1 heterocycles. The Hall–Kier alpha value is -0.410. The van der Waals surface area contributed by atoms with Gasteiger partial charge in [0, 0.05) is 18.3 Å². The molecule has 1 spiro atoms. The summed E-state index contributed by atoms with van der Waals surface area (Å²) in [6, 6.07) is 0. The minimum Gasteiger partial charge on any atom is -0.344 e. The second-order valence-corrected chi connectivity index (χ2v) is 8.26. The van der Waals surface area contributed by atoms with Crippen molar-refractivity contribution in [2.75, 3.05) is 0 Å². The fourth-order valence-electron chi connectivity index (χ4n) is 5.33. The van der Waals surface area contributed by atoms with E-state index in [1.165, 1.54) is 0 Å². The van der Waals surface area contributed by atoms with E-state index in [1.807, 2.05) is 13.8 Å². The topological polar surface area (TPSA) is 35.5 Å². The molecule has 3 heteroatoms. The minimum absolute atomic E-state index is 0.0601. The van der Waals surface area contributed by atoms with Crippen molar-refractivity contribution in [3.05, 3.63) is 0 Å². The molecule has 114 valence electrons. The summed E-state index contributed by atoms with van der Waals surface area (Å²) in [6.07, 6.45) is 5.68. The molecule has 20 heavy (non-hydrogen) atoms. The number of ketones is 1. The molecular weight excluding hydrogens is 252 g/mol. The first-order valence-electron chi connectivity index (χ1n) is 8.02. The summed E-state index contributed by atoms with van der Waals surface area (Å²) in [7, 11) is 0. The number of hydrogen-bond donors (Lipinski definition) is 0. The number of fused-ring (bicyclic) bond motifs is 2. The summed E-state index contributed by atoms with van der Waals surface area (Å²) in [5, 5.41) is 0. The molecule has 3 aliphatic rings. The standard InChI is InChI=1S/C17H28O3/c1-14(2)9-8-13-16(5,20-15(3,4)19-13)17(14)10-6-12(18)7-11-17/h13H,6-11H2,1-5H3/t13-,16-/m0/s1. The lowest BCUT2D eigenvalue weighted by Gasteiger charge is -2.61. The number of hydrogen-bond acceptors (Lipinski definition) is 3. The van der Waals surface area contributed by atoms with Crippen LogP contribution < -0.4 is 0 Å². The van der Waals surface area contributed by atoms with E-state index in [-0.39, 0.29) is 22.5 Å². The Labute approximate surface area is 122 Å². The summed E-state index contributed by atoms with van der Waals surface area (Å²) in [5.74, 6) is -0.0933. The highest BCUT2D eigenvalue weighted by Gasteiger charge is 2.68. The van der Waals surface area contributed by atoms with E-state index in [0.29, 0.717) is 18.6 Å². The first-order chi connectivity index (χ1) is 9.12. The first-order valence-corrected chi connectivity index (χ1v) is 8.02. The summed E-state index contributed by atoms with van der Waals surface area (Å²) in [5.41, 5.74) is -0.00766. The number of Topliss-reactive ketones (excluding diaryl/α,β-unsaturated/α-hetero) is 1. The largest absolute Gasteiger partial charge is 0.344 e. The Morgan fingerprint density at radius 2 is 1.60 bits per heavy atom. The van der Waals surface area contributed by atoms with Crippen LogP contribution in [-0.2, 0) is 14.3 Å². The van der Waals surface area contributed by atoms with Crippen molar-refractivity contribution in [1.29, 1.82) is 0 Å². The lowest BCUT2D eigenvalue weighted by molar-refractivity contribution is -0.222. The number of ether oxygens (including phenoxy) is 2. The van der Waals surface area contributed by atoms with Gasteiger partial charge in [0.25, 0.3) is 0 Å². The monoisotopic (exact) mass is 280 g/mol. The predicted octanol–water partition coefficient (Wildman–Crippen LogP) is 3.85. The zero-order chi connectivity index (χ0) is 14.8. The van der Waals surface area contributed by atoms with Crippen LogP contribution in [0.3, 0.4) is 0 Å². The van der Waals surface area contributed by atoms with Gasteiger partial charge in [-0.25, -0.2) is 0 Å².